The van der Waals surface area contributed by atoms with Crippen molar-refractivity contribution in [3.8, 4) is 0 Å². The van der Waals surface area contributed by atoms with Gasteiger partial charge in [-0.05, 0) is 41.8 Å². The zero-order valence-electron chi connectivity index (χ0n) is 13.1. The van der Waals surface area contributed by atoms with Crippen LogP contribution in [0, 0.1) is 0 Å². The standard InChI is InChI=1S/C19H17BrN4/c20-16-7-6-15-12-24(9-8-14(15)10-16)19-11-18(21-13-22-19)23-17-4-2-1-3-5-17/h1-7,10-11,13H,8-9,12H2,(H,21,22,23). The average molecular weight is 381 g/mol. The van der Waals surface area contributed by atoms with Crippen LogP contribution in [-0.4, -0.2) is 16.5 Å². The molecule has 2 heterocycles. The van der Waals surface area contributed by atoms with E-state index in [0.29, 0.717) is 0 Å². The molecule has 24 heavy (non-hydrogen) atoms. The number of hydrogen-bond acceptors (Lipinski definition) is 4. The molecule has 1 aliphatic heterocycles. The Morgan fingerprint density at radius 1 is 0.958 bits per heavy atom. The van der Waals surface area contributed by atoms with E-state index < -0.39 is 0 Å². The van der Waals surface area contributed by atoms with Crippen LogP contribution in [0.15, 0.2) is 65.4 Å². The van der Waals surface area contributed by atoms with Crippen molar-refractivity contribution in [2.24, 2.45) is 0 Å². The largest absolute Gasteiger partial charge is 0.352 e. The maximum atomic E-state index is 4.46. The van der Waals surface area contributed by atoms with Crippen LogP contribution in [-0.2, 0) is 13.0 Å². The van der Waals surface area contributed by atoms with Gasteiger partial charge in [-0.3, -0.25) is 0 Å². The molecule has 0 spiro atoms. The number of para-hydroxylation sites is 1. The lowest BCUT2D eigenvalue weighted by Gasteiger charge is -2.30. The minimum absolute atomic E-state index is 0.813. The first kappa shape index (κ1) is 15.1. The number of benzene rings is 2. The number of fused-ring (bicyclic) bond motifs is 1. The number of rotatable bonds is 3. The first-order valence-electron chi connectivity index (χ1n) is 7.94. The van der Waals surface area contributed by atoms with Gasteiger partial charge in [0, 0.05) is 29.3 Å². The Kier molecular flexibility index (Phi) is 4.17. The van der Waals surface area contributed by atoms with E-state index in [4.69, 9.17) is 0 Å². The number of hydrogen-bond donors (Lipinski definition) is 1. The number of anilines is 3. The van der Waals surface area contributed by atoms with Gasteiger partial charge in [-0.25, -0.2) is 9.97 Å². The highest BCUT2D eigenvalue weighted by molar-refractivity contribution is 9.10. The molecule has 0 unspecified atom stereocenters. The zero-order chi connectivity index (χ0) is 16.4. The normalized spacial score (nSPS) is 13.5. The van der Waals surface area contributed by atoms with Crippen molar-refractivity contribution in [1.82, 2.24) is 9.97 Å². The van der Waals surface area contributed by atoms with E-state index in [9.17, 15) is 0 Å². The highest BCUT2D eigenvalue weighted by Gasteiger charge is 2.18. The molecular formula is C19H17BrN4. The minimum atomic E-state index is 0.813. The van der Waals surface area contributed by atoms with Crippen molar-refractivity contribution in [2.45, 2.75) is 13.0 Å². The van der Waals surface area contributed by atoms with Crippen molar-refractivity contribution in [3.63, 3.8) is 0 Å². The first-order valence-corrected chi connectivity index (χ1v) is 8.73. The monoisotopic (exact) mass is 380 g/mol. The minimum Gasteiger partial charge on any atom is -0.352 e. The summed E-state index contributed by atoms with van der Waals surface area (Å²) < 4.78 is 1.14. The Balaban J connectivity index is 1.55. The van der Waals surface area contributed by atoms with Crippen molar-refractivity contribution in [3.05, 3.63) is 76.5 Å². The van der Waals surface area contributed by atoms with Gasteiger partial charge in [0.15, 0.2) is 0 Å². The highest BCUT2D eigenvalue weighted by atomic mass is 79.9. The van der Waals surface area contributed by atoms with Gasteiger partial charge < -0.3 is 10.2 Å². The van der Waals surface area contributed by atoms with Gasteiger partial charge in [-0.1, -0.05) is 40.2 Å². The molecule has 0 saturated heterocycles. The molecule has 1 N–H and O–H groups in total. The molecule has 3 aromatic rings. The van der Waals surface area contributed by atoms with Gasteiger partial charge in [0.05, 0.1) is 0 Å². The smallest absolute Gasteiger partial charge is 0.135 e. The molecule has 0 aliphatic carbocycles. The van der Waals surface area contributed by atoms with E-state index in [1.807, 2.05) is 36.4 Å². The second-order valence-corrected chi connectivity index (χ2v) is 6.75. The van der Waals surface area contributed by atoms with Gasteiger partial charge in [-0.15, -0.1) is 0 Å². The predicted octanol–water partition coefficient (Wildman–Crippen LogP) is 4.55. The van der Waals surface area contributed by atoms with Crippen molar-refractivity contribution >= 4 is 33.3 Å². The molecule has 2 aromatic carbocycles. The Labute approximate surface area is 149 Å². The number of halogens is 1. The first-order chi connectivity index (χ1) is 11.8. The molecule has 4 rings (SSSR count). The van der Waals surface area contributed by atoms with Gasteiger partial charge in [0.1, 0.15) is 18.0 Å². The fraction of sp³-hybridized carbons (Fsp3) is 0.158. The topological polar surface area (TPSA) is 41.0 Å². The van der Waals surface area contributed by atoms with Crippen LogP contribution in [0.5, 0.6) is 0 Å². The van der Waals surface area contributed by atoms with Crippen LogP contribution in [0.2, 0.25) is 0 Å². The lowest BCUT2D eigenvalue weighted by atomic mass is 10.00. The molecule has 4 nitrogen and oxygen atoms in total. The highest BCUT2D eigenvalue weighted by Crippen LogP contribution is 2.26. The second kappa shape index (κ2) is 6.61. The fourth-order valence-electron chi connectivity index (χ4n) is 2.97. The fourth-order valence-corrected chi connectivity index (χ4v) is 3.38. The molecule has 0 atom stereocenters. The Morgan fingerprint density at radius 3 is 2.71 bits per heavy atom. The molecular weight excluding hydrogens is 364 g/mol. The van der Waals surface area contributed by atoms with Gasteiger partial charge in [0.2, 0.25) is 0 Å². The summed E-state index contributed by atoms with van der Waals surface area (Å²) in [6.45, 7) is 1.84. The summed E-state index contributed by atoms with van der Waals surface area (Å²) in [4.78, 5) is 11.1. The Hall–Kier alpha value is -2.40. The number of aromatic nitrogens is 2. The van der Waals surface area contributed by atoms with E-state index >= 15 is 0 Å². The van der Waals surface area contributed by atoms with Gasteiger partial charge >= 0.3 is 0 Å². The maximum Gasteiger partial charge on any atom is 0.135 e. The second-order valence-electron chi connectivity index (χ2n) is 5.84. The molecule has 0 fully saturated rings. The zero-order valence-corrected chi connectivity index (χ0v) is 14.7. The summed E-state index contributed by atoms with van der Waals surface area (Å²) in [5.41, 5.74) is 3.80. The van der Waals surface area contributed by atoms with Crippen LogP contribution in [0.25, 0.3) is 0 Å². The van der Waals surface area contributed by atoms with E-state index in [-0.39, 0.29) is 0 Å². The maximum absolute atomic E-state index is 4.46. The summed E-state index contributed by atoms with van der Waals surface area (Å²) in [7, 11) is 0. The lowest BCUT2D eigenvalue weighted by Crippen LogP contribution is -2.31. The van der Waals surface area contributed by atoms with E-state index in [0.717, 1.165) is 41.3 Å². The SMILES string of the molecule is Brc1ccc2c(c1)CCN(c1cc(Nc3ccccc3)ncn1)C2. The number of nitrogens with one attached hydrogen (secondary N) is 1. The quantitative estimate of drug-likeness (QED) is 0.723. The molecule has 120 valence electrons. The molecule has 1 aromatic heterocycles. The molecule has 0 bridgehead atoms. The third-order valence-corrected chi connectivity index (χ3v) is 4.70. The summed E-state index contributed by atoms with van der Waals surface area (Å²) in [6, 6.07) is 18.6. The van der Waals surface area contributed by atoms with Crippen molar-refractivity contribution < 1.29 is 0 Å². The van der Waals surface area contributed by atoms with Crippen LogP contribution in [0.3, 0.4) is 0 Å². The Bertz CT molecular complexity index is 851. The van der Waals surface area contributed by atoms with E-state index in [2.05, 4.69) is 54.3 Å². The average Bonchev–Trinajstić information content (AvgIpc) is 2.62. The summed E-state index contributed by atoms with van der Waals surface area (Å²) in [5, 5.41) is 3.33. The summed E-state index contributed by atoms with van der Waals surface area (Å²) in [5.74, 6) is 1.77. The van der Waals surface area contributed by atoms with Crippen LogP contribution in [0.4, 0.5) is 17.3 Å². The summed E-state index contributed by atoms with van der Waals surface area (Å²) >= 11 is 3.55. The van der Waals surface area contributed by atoms with Crippen LogP contribution >= 0.6 is 15.9 Å². The Morgan fingerprint density at radius 2 is 1.83 bits per heavy atom. The lowest BCUT2D eigenvalue weighted by molar-refractivity contribution is 0.719. The third kappa shape index (κ3) is 3.26. The van der Waals surface area contributed by atoms with E-state index in [1.54, 1.807) is 6.33 Å². The number of nitrogens with zero attached hydrogens (tertiary/aromatic N) is 3. The molecule has 0 amide bonds. The van der Waals surface area contributed by atoms with Gasteiger partial charge in [0.25, 0.3) is 0 Å². The molecule has 0 radical (unpaired) electrons. The molecule has 5 heteroatoms. The van der Waals surface area contributed by atoms with Crippen LogP contribution in [0.1, 0.15) is 11.1 Å². The molecule has 0 saturated carbocycles. The predicted molar refractivity (Wildman–Crippen MR) is 101 cm³/mol. The third-order valence-electron chi connectivity index (χ3n) is 4.20. The summed E-state index contributed by atoms with van der Waals surface area (Å²) in [6.07, 6.45) is 2.65. The molecule has 1 aliphatic rings. The van der Waals surface area contributed by atoms with Crippen LogP contribution < -0.4 is 10.2 Å². The van der Waals surface area contributed by atoms with E-state index in [1.165, 1.54) is 11.1 Å². The van der Waals surface area contributed by atoms with Gasteiger partial charge in [-0.2, -0.15) is 0 Å². The van der Waals surface area contributed by atoms with Crippen molar-refractivity contribution in [1.29, 1.82) is 0 Å². The van der Waals surface area contributed by atoms with Crippen molar-refractivity contribution in [2.75, 3.05) is 16.8 Å².